The Morgan fingerprint density at radius 3 is 1.52 bits per heavy atom. The van der Waals surface area contributed by atoms with Gasteiger partial charge in [-0.15, -0.1) is 0 Å². The number of allylic oxidation sites excluding steroid dienone is 1. The predicted molar refractivity (Wildman–Crippen MR) is 109 cm³/mol. The van der Waals surface area contributed by atoms with Gasteiger partial charge >= 0.3 is 12.2 Å². The van der Waals surface area contributed by atoms with E-state index in [9.17, 15) is 9.59 Å². The van der Waals surface area contributed by atoms with Gasteiger partial charge in [-0.3, -0.25) is 0 Å². The number of alkyl carbamates (subject to hydrolysis) is 2. The highest BCUT2D eigenvalue weighted by atomic mass is 16.5. The minimum absolute atomic E-state index is 0. The molecule has 0 saturated carbocycles. The molecular weight excluding hydrogens is 356 g/mol. The van der Waals surface area contributed by atoms with Crippen molar-refractivity contribution in [3.05, 3.63) is 12.3 Å². The normalized spacial score (nSPS) is 8.15. The van der Waals surface area contributed by atoms with Crippen LogP contribution in [0.5, 0.6) is 0 Å². The number of hydrogen-bond donors (Lipinski definition) is 2. The molecule has 2 amide bonds. The Kier molecular flexibility index (Phi) is 52.2. The summed E-state index contributed by atoms with van der Waals surface area (Å²) in [6.07, 6.45) is 5.89. The van der Waals surface area contributed by atoms with Gasteiger partial charge in [0.1, 0.15) is 0 Å². The minimum Gasteiger partial charge on any atom is -0.505 e. The summed E-state index contributed by atoms with van der Waals surface area (Å²) >= 11 is 0. The standard InChI is InChI=1S/C5H10N2O4.C5H12O.C5H10O.C2H6O.CH4/c1-10-4(8)6-3-7-5(9)11-2;2*1-3-4-5-6-2;1-3-2;/h3H2,1-2H3,(H,6,8)(H,7,9);3-5H2,1-2H3;4-5H,3H2,1-2H3;1-2H3;1H4/b;;5-4+;;. The SMILES string of the molecule is C.CC/C=C/OC.CCCCOC.COC.COC(=O)NCNC(=O)OC. The summed E-state index contributed by atoms with van der Waals surface area (Å²) in [5.74, 6) is 0. The second-order valence-corrected chi connectivity index (χ2v) is 4.28. The van der Waals surface area contributed by atoms with Gasteiger partial charge in [-0.25, -0.2) is 9.59 Å². The lowest BCUT2D eigenvalue weighted by Gasteiger charge is -2.03. The average Bonchev–Trinajstić information content (AvgIpc) is 2.65. The molecule has 0 aliphatic rings. The van der Waals surface area contributed by atoms with E-state index < -0.39 is 12.2 Å². The highest BCUT2D eigenvalue weighted by molar-refractivity contribution is 5.69. The summed E-state index contributed by atoms with van der Waals surface area (Å²) in [5.41, 5.74) is 0. The first kappa shape index (κ1) is 36.0. The van der Waals surface area contributed by atoms with Gasteiger partial charge < -0.3 is 34.3 Å². The monoisotopic (exact) mass is 398 g/mol. The fraction of sp³-hybridized carbons (Fsp3) is 0.778. The molecule has 9 nitrogen and oxygen atoms in total. The molecule has 0 aliphatic carbocycles. The van der Waals surface area contributed by atoms with E-state index in [2.05, 4.69) is 43.4 Å². The van der Waals surface area contributed by atoms with Gasteiger partial charge in [0.15, 0.2) is 0 Å². The molecule has 166 valence electrons. The first-order valence-corrected chi connectivity index (χ1v) is 8.15. The average molecular weight is 399 g/mol. The third-order valence-corrected chi connectivity index (χ3v) is 2.01. The molecule has 0 fully saturated rings. The maximum Gasteiger partial charge on any atom is 0.408 e. The van der Waals surface area contributed by atoms with Crippen molar-refractivity contribution in [3.8, 4) is 0 Å². The predicted octanol–water partition coefficient (Wildman–Crippen LogP) is 3.54. The molecule has 0 saturated heterocycles. The first-order chi connectivity index (χ1) is 12.4. The summed E-state index contributed by atoms with van der Waals surface area (Å²) in [4.78, 5) is 20.7. The first-order valence-electron chi connectivity index (χ1n) is 8.15. The van der Waals surface area contributed by atoms with E-state index in [1.165, 1.54) is 27.1 Å². The Morgan fingerprint density at radius 2 is 1.33 bits per heavy atom. The summed E-state index contributed by atoms with van der Waals surface area (Å²) < 4.78 is 22.1. The molecule has 0 rings (SSSR count). The maximum absolute atomic E-state index is 10.4. The second-order valence-electron chi connectivity index (χ2n) is 4.28. The maximum atomic E-state index is 10.4. The van der Waals surface area contributed by atoms with E-state index in [1.54, 1.807) is 34.7 Å². The van der Waals surface area contributed by atoms with E-state index >= 15 is 0 Å². The third-order valence-electron chi connectivity index (χ3n) is 2.01. The van der Waals surface area contributed by atoms with Gasteiger partial charge in [0.2, 0.25) is 0 Å². The van der Waals surface area contributed by atoms with Crippen LogP contribution in [0, 0.1) is 0 Å². The highest BCUT2D eigenvalue weighted by Crippen LogP contribution is 1.83. The van der Waals surface area contributed by atoms with Crippen molar-refractivity contribution in [3.63, 3.8) is 0 Å². The van der Waals surface area contributed by atoms with Crippen LogP contribution in [-0.4, -0.2) is 68.1 Å². The summed E-state index contributed by atoms with van der Waals surface area (Å²) in [6.45, 7) is 5.12. The van der Waals surface area contributed by atoms with Crippen molar-refractivity contribution in [2.45, 2.75) is 40.5 Å². The molecule has 0 aliphatic heterocycles. The van der Waals surface area contributed by atoms with Crippen molar-refractivity contribution in [2.75, 3.05) is 55.9 Å². The summed E-state index contributed by atoms with van der Waals surface area (Å²) in [5, 5.41) is 4.45. The fourth-order valence-electron chi connectivity index (χ4n) is 0.814. The molecule has 0 aromatic rings. The Bertz CT molecular complexity index is 275. The van der Waals surface area contributed by atoms with Crippen molar-refractivity contribution in [1.29, 1.82) is 0 Å². The number of carbonyl (C=O) groups excluding carboxylic acids is 2. The second kappa shape index (κ2) is 39.2. The van der Waals surface area contributed by atoms with Crippen LogP contribution in [0.15, 0.2) is 12.3 Å². The Labute approximate surface area is 165 Å². The molecule has 0 aromatic carbocycles. The minimum atomic E-state index is -0.610. The molecule has 2 N–H and O–H groups in total. The zero-order valence-electron chi connectivity index (χ0n) is 17.5. The Balaban J connectivity index is -0.0000000869. The Hall–Kier alpha value is -2.00. The topological polar surface area (TPSA) is 104 Å². The van der Waals surface area contributed by atoms with Crippen LogP contribution < -0.4 is 10.6 Å². The number of methoxy groups -OCH3 is 5. The number of rotatable bonds is 7. The van der Waals surface area contributed by atoms with Crippen LogP contribution >= 0.6 is 0 Å². The molecule has 0 unspecified atom stereocenters. The molecule has 0 bridgehead atoms. The van der Waals surface area contributed by atoms with Crippen LogP contribution in [0.2, 0.25) is 0 Å². The molecule has 0 atom stereocenters. The van der Waals surface area contributed by atoms with Crippen molar-refractivity contribution in [1.82, 2.24) is 10.6 Å². The van der Waals surface area contributed by atoms with E-state index in [-0.39, 0.29) is 14.1 Å². The molecule has 0 spiro atoms. The molecule has 27 heavy (non-hydrogen) atoms. The number of carbonyl (C=O) groups is 2. The van der Waals surface area contributed by atoms with Crippen LogP contribution in [0.3, 0.4) is 0 Å². The molecule has 0 heterocycles. The molecule has 0 radical (unpaired) electrons. The lowest BCUT2D eigenvalue weighted by Crippen LogP contribution is -2.36. The lowest BCUT2D eigenvalue weighted by molar-refractivity contribution is 0.162. The van der Waals surface area contributed by atoms with Gasteiger partial charge in [-0.05, 0) is 12.8 Å². The van der Waals surface area contributed by atoms with Crippen molar-refractivity contribution < 1.29 is 33.3 Å². The van der Waals surface area contributed by atoms with Gasteiger partial charge in [-0.2, -0.15) is 0 Å². The molecule has 0 aromatic heterocycles. The van der Waals surface area contributed by atoms with Crippen LogP contribution in [0.1, 0.15) is 40.5 Å². The van der Waals surface area contributed by atoms with E-state index in [0.717, 1.165) is 13.0 Å². The van der Waals surface area contributed by atoms with Crippen LogP contribution in [0.4, 0.5) is 9.59 Å². The lowest BCUT2D eigenvalue weighted by atomic mass is 10.4. The number of unbranched alkanes of at least 4 members (excludes halogenated alkanes) is 1. The number of hydrogen-bond acceptors (Lipinski definition) is 7. The fourth-order valence-corrected chi connectivity index (χ4v) is 0.814. The van der Waals surface area contributed by atoms with Gasteiger partial charge in [-0.1, -0.05) is 33.8 Å². The van der Waals surface area contributed by atoms with Gasteiger partial charge in [0.25, 0.3) is 0 Å². The Morgan fingerprint density at radius 1 is 0.889 bits per heavy atom. The third kappa shape index (κ3) is 59.3. The van der Waals surface area contributed by atoms with Gasteiger partial charge in [0, 0.05) is 27.9 Å². The highest BCUT2D eigenvalue weighted by Gasteiger charge is 1.99. The summed E-state index contributed by atoms with van der Waals surface area (Å²) in [7, 11) is 9.09. The van der Waals surface area contributed by atoms with Crippen molar-refractivity contribution >= 4 is 12.2 Å². The van der Waals surface area contributed by atoms with Crippen LogP contribution in [0.25, 0.3) is 0 Å². The molecular formula is C18H42N2O7. The van der Waals surface area contributed by atoms with E-state index in [1.807, 2.05) is 6.08 Å². The molecule has 9 heteroatoms. The number of nitrogens with one attached hydrogen (secondary N) is 2. The zero-order valence-corrected chi connectivity index (χ0v) is 17.5. The number of amides is 2. The van der Waals surface area contributed by atoms with Crippen molar-refractivity contribution in [2.24, 2.45) is 0 Å². The smallest absolute Gasteiger partial charge is 0.408 e. The zero-order chi connectivity index (χ0) is 21.1. The van der Waals surface area contributed by atoms with E-state index in [4.69, 9.17) is 4.74 Å². The largest absolute Gasteiger partial charge is 0.505 e. The van der Waals surface area contributed by atoms with E-state index in [0.29, 0.717) is 0 Å². The van der Waals surface area contributed by atoms with Gasteiger partial charge in [0.05, 0.1) is 34.3 Å². The number of ether oxygens (including phenoxy) is 5. The quantitative estimate of drug-likeness (QED) is 0.384. The summed E-state index contributed by atoms with van der Waals surface area (Å²) in [6, 6.07) is 0. The van der Waals surface area contributed by atoms with Crippen LogP contribution in [-0.2, 0) is 23.7 Å².